The number of aryl methyl sites for hydroxylation is 3. The van der Waals surface area contributed by atoms with Crippen molar-refractivity contribution in [3.05, 3.63) is 186 Å². The van der Waals surface area contributed by atoms with Crippen LogP contribution in [0.2, 0.25) is 19.6 Å². The van der Waals surface area contributed by atoms with E-state index in [0.717, 1.165) is 79.0 Å². The van der Waals surface area contributed by atoms with Crippen molar-refractivity contribution in [2.45, 2.75) is 80.4 Å². The molecule has 4 heterocycles. The minimum atomic E-state index is -1.34. The van der Waals surface area contributed by atoms with Gasteiger partial charge in [-0.2, -0.15) is 0 Å². The maximum absolute atomic E-state index is 6.79. The van der Waals surface area contributed by atoms with Crippen molar-refractivity contribution >= 4 is 67.9 Å². The molecule has 5 nitrogen and oxygen atoms in total. The molecule has 0 aliphatic heterocycles. The Kier molecular flexibility index (Phi) is 13.2. The van der Waals surface area contributed by atoms with Crippen LogP contribution in [0.4, 0.5) is 0 Å². The Bertz CT molecular complexity index is 3670. The summed E-state index contributed by atoms with van der Waals surface area (Å²) in [7, 11) is -1.34. The van der Waals surface area contributed by atoms with E-state index in [1.807, 2.05) is 18.2 Å². The summed E-state index contributed by atoms with van der Waals surface area (Å²) < 4.78 is 9.14. The van der Waals surface area contributed by atoms with Crippen LogP contribution in [0, 0.1) is 38.8 Å². The number of furan rings is 1. The molecule has 0 bridgehead atoms. The summed E-state index contributed by atoms with van der Waals surface area (Å²) in [5, 5.41) is 8.47. The third kappa shape index (κ3) is 8.78. The molecule has 11 aromatic rings. The molecule has 1 radical (unpaired) electrons. The van der Waals surface area contributed by atoms with Gasteiger partial charge in [-0.1, -0.05) is 156 Å². The number of fused-ring (bicyclic) bond motifs is 7. The Morgan fingerprint density at radius 3 is 2.00 bits per heavy atom. The molecule has 0 N–H and O–H groups in total. The number of benzene rings is 7. The second kappa shape index (κ2) is 19.1. The molecule has 0 unspecified atom stereocenters. The second-order valence-corrected chi connectivity index (χ2v) is 25.1. The predicted molar refractivity (Wildman–Crippen MR) is 289 cm³/mol. The zero-order valence-corrected chi connectivity index (χ0v) is 44.6. The van der Waals surface area contributed by atoms with Gasteiger partial charge < -0.3 is 14.0 Å². The number of para-hydroxylation sites is 2. The fraction of sp³-hybridized carbons (Fsp3) is 0.210. The summed E-state index contributed by atoms with van der Waals surface area (Å²) in [6.07, 6.45) is 3.24. The molecule has 0 saturated carbocycles. The smallest absolute Gasteiger partial charge is 0.216 e. The van der Waals surface area contributed by atoms with E-state index < -0.39 is 8.07 Å². The molecule has 0 amide bonds. The first kappa shape index (κ1) is 47.6. The van der Waals surface area contributed by atoms with E-state index in [-0.39, 0.29) is 26.0 Å². The van der Waals surface area contributed by atoms with Crippen LogP contribution in [0.1, 0.15) is 61.4 Å². The van der Waals surface area contributed by atoms with Crippen molar-refractivity contribution in [2.24, 2.45) is 5.92 Å². The Hall–Kier alpha value is -6.50. The molecular weight excluding hydrogens is 1040 g/mol. The summed E-state index contributed by atoms with van der Waals surface area (Å²) in [5.41, 5.74) is 15.8. The van der Waals surface area contributed by atoms with E-state index in [0.29, 0.717) is 11.6 Å². The molecule has 0 aliphatic rings. The van der Waals surface area contributed by atoms with Crippen molar-refractivity contribution in [3.63, 3.8) is 0 Å². The standard InChI is InChI=1S/C44H34N3O.C18H24NSi.Ir/c1-25(2)38-31-17-8-6-15-29(31)30-16-7-9-18-32(30)41(38)47-37-20-11-10-19-35(37)45-43(47)34-22-21-28(5)40-33-23-24-36(46-44(33)48-42(34)40)39-26(3)13-12-14-27(39)4;1-14(2)11-16-12-17(15-9-7-6-8-10-15)19-13-18(16)20(3,4)5;/h6-21,23-25H,1-5H3;6-9,12-14H,11H2,1-5H3;/q2*-1;. The molecule has 0 spiro atoms. The van der Waals surface area contributed by atoms with Gasteiger partial charge >= 0.3 is 0 Å². The molecule has 0 fully saturated rings. The van der Waals surface area contributed by atoms with Gasteiger partial charge in [0.15, 0.2) is 0 Å². The fourth-order valence-electron chi connectivity index (χ4n) is 10.3. The van der Waals surface area contributed by atoms with Crippen LogP contribution in [-0.2, 0) is 26.5 Å². The van der Waals surface area contributed by atoms with Crippen LogP contribution in [0.15, 0.2) is 150 Å². The van der Waals surface area contributed by atoms with Crippen LogP contribution < -0.4 is 5.19 Å². The van der Waals surface area contributed by atoms with Gasteiger partial charge in [-0.15, -0.1) is 53.6 Å². The van der Waals surface area contributed by atoms with Gasteiger partial charge in [0.05, 0.1) is 41.9 Å². The van der Waals surface area contributed by atoms with Crippen LogP contribution in [0.3, 0.4) is 0 Å². The Balaban J connectivity index is 0.000000238. The normalized spacial score (nSPS) is 11.8. The summed E-state index contributed by atoms with van der Waals surface area (Å²) in [6.45, 7) is 22.7. The number of hydrogen-bond acceptors (Lipinski definition) is 4. The predicted octanol–water partition coefficient (Wildman–Crippen LogP) is 16.1. The zero-order chi connectivity index (χ0) is 47.4. The number of aromatic nitrogens is 4. The topological polar surface area (TPSA) is 56.7 Å². The third-order valence-corrected chi connectivity index (χ3v) is 15.4. The van der Waals surface area contributed by atoms with Crippen molar-refractivity contribution < 1.29 is 24.5 Å². The van der Waals surface area contributed by atoms with Gasteiger partial charge in [0.25, 0.3) is 0 Å². The summed E-state index contributed by atoms with van der Waals surface area (Å²) >= 11 is 0. The molecule has 7 heteroatoms. The molecule has 347 valence electrons. The van der Waals surface area contributed by atoms with E-state index >= 15 is 0 Å². The summed E-state index contributed by atoms with van der Waals surface area (Å²) in [4.78, 5) is 15.1. The van der Waals surface area contributed by atoms with Gasteiger partial charge in [0.1, 0.15) is 0 Å². The van der Waals surface area contributed by atoms with Gasteiger partial charge in [-0.05, 0) is 100 Å². The van der Waals surface area contributed by atoms with Crippen molar-refractivity contribution in [2.75, 3.05) is 0 Å². The summed E-state index contributed by atoms with van der Waals surface area (Å²) in [6, 6.07) is 55.9. The number of imidazole rings is 1. The quantitative estimate of drug-likeness (QED) is 0.0864. The molecule has 0 atom stereocenters. The Morgan fingerprint density at radius 1 is 0.652 bits per heavy atom. The van der Waals surface area contributed by atoms with E-state index in [2.05, 4.69) is 217 Å². The van der Waals surface area contributed by atoms with E-state index in [4.69, 9.17) is 14.4 Å². The third-order valence-electron chi connectivity index (χ3n) is 13.3. The molecule has 7 aromatic carbocycles. The van der Waals surface area contributed by atoms with Crippen molar-refractivity contribution in [1.29, 1.82) is 0 Å². The minimum Gasteiger partial charge on any atom is -0.486 e. The molecule has 69 heavy (non-hydrogen) atoms. The van der Waals surface area contributed by atoms with Crippen LogP contribution in [-0.4, -0.2) is 27.6 Å². The van der Waals surface area contributed by atoms with E-state index in [1.165, 1.54) is 49.0 Å². The van der Waals surface area contributed by atoms with Gasteiger partial charge in [-0.25, -0.2) is 4.98 Å². The van der Waals surface area contributed by atoms with Crippen molar-refractivity contribution in [1.82, 2.24) is 19.5 Å². The SMILES string of the molecule is CC(C)Cc1cc(-c2[c-]cccc2)ncc1[Si](C)(C)C.Cc1cccc(C)c1-c1ccc2c(n1)oc1c(-c3nc4ccccc4n3-c3c(C(C)C)c4ccccc4c4ccccc34)[c-]cc(C)c12.[Ir]. The zero-order valence-electron chi connectivity index (χ0n) is 41.2. The van der Waals surface area contributed by atoms with Gasteiger partial charge in [0.2, 0.25) is 5.71 Å². The Morgan fingerprint density at radius 2 is 1.32 bits per heavy atom. The number of pyridine rings is 2. The second-order valence-electron chi connectivity index (χ2n) is 20.1. The maximum atomic E-state index is 6.79. The average molecular weight is 1100 g/mol. The maximum Gasteiger partial charge on any atom is 0.216 e. The minimum absolute atomic E-state index is 0. The average Bonchev–Trinajstić information content (AvgIpc) is 3.90. The number of rotatable bonds is 8. The molecule has 0 aliphatic carbocycles. The first-order valence-electron chi connectivity index (χ1n) is 24.0. The first-order valence-corrected chi connectivity index (χ1v) is 27.5. The van der Waals surface area contributed by atoms with Crippen LogP contribution in [0.5, 0.6) is 0 Å². The van der Waals surface area contributed by atoms with Gasteiger partial charge in [-0.3, -0.25) is 4.98 Å². The Labute approximate surface area is 421 Å². The molecule has 4 aromatic heterocycles. The molecular formula is C62H58IrN4OSi-2. The van der Waals surface area contributed by atoms with Crippen LogP contribution >= 0.6 is 0 Å². The number of hydrogen-bond donors (Lipinski definition) is 0. The monoisotopic (exact) mass is 1100 g/mol. The number of nitrogens with zero attached hydrogens (tertiary/aromatic N) is 4. The van der Waals surface area contributed by atoms with E-state index in [9.17, 15) is 0 Å². The summed E-state index contributed by atoms with van der Waals surface area (Å²) in [5.74, 6) is 1.72. The van der Waals surface area contributed by atoms with Crippen LogP contribution in [0.25, 0.3) is 94.2 Å². The van der Waals surface area contributed by atoms with Gasteiger partial charge in [0, 0.05) is 42.6 Å². The van der Waals surface area contributed by atoms with Crippen molar-refractivity contribution in [3.8, 4) is 39.6 Å². The largest absolute Gasteiger partial charge is 0.486 e. The molecule has 11 rings (SSSR count). The molecule has 0 saturated heterocycles. The fourth-order valence-corrected chi connectivity index (χ4v) is 11.9. The first-order chi connectivity index (χ1) is 32.8. The van der Waals surface area contributed by atoms with E-state index in [1.54, 1.807) is 0 Å².